The van der Waals surface area contributed by atoms with Gasteiger partial charge in [-0.15, -0.1) is 0 Å². The lowest BCUT2D eigenvalue weighted by atomic mass is 10.1. The van der Waals surface area contributed by atoms with Crippen LogP contribution in [0.5, 0.6) is 0 Å². The van der Waals surface area contributed by atoms with Crippen LogP contribution in [0.25, 0.3) is 0 Å². The van der Waals surface area contributed by atoms with Gasteiger partial charge in [0.05, 0.1) is 5.69 Å². The molecule has 1 amide bonds. The summed E-state index contributed by atoms with van der Waals surface area (Å²) in [6, 6.07) is 5.53. The van der Waals surface area contributed by atoms with Crippen molar-refractivity contribution in [2.75, 3.05) is 11.6 Å². The molecule has 2 aliphatic rings. The van der Waals surface area contributed by atoms with Crippen LogP contribution in [0.2, 0.25) is 0 Å². The first-order valence-corrected chi connectivity index (χ1v) is 8.08. The molecule has 25 heavy (non-hydrogen) atoms. The van der Waals surface area contributed by atoms with Gasteiger partial charge in [0.25, 0.3) is 0 Å². The molecule has 2 aliphatic heterocycles. The number of carboxylic acid groups (broad SMARTS) is 2. The Morgan fingerprint density at radius 3 is 2.40 bits per heavy atom. The molecule has 0 aromatic heterocycles. The number of carboxylic acids is 2. The van der Waals surface area contributed by atoms with Gasteiger partial charge in [-0.1, -0.05) is 17.7 Å². The van der Waals surface area contributed by atoms with E-state index in [-0.39, 0.29) is 12.1 Å². The predicted molar refractivity (Wildman–Crippen MR) is 89.5 cm³/mol. The number of nitrogens with zero attached hydrogens (tertiary/aromatic N) is 3. The van der Waals surface area contributed by atoms with Gasteiger partial charge in [-0.05, 0) is 31.9 Å². The van der Waals surface area contributed by atoms with Crippen molar-refractivity contribution in [1.29, 1.82) is 0 Å². The van der Waals surface area contributed by atoms with Crippen LogP contribution in [-0.2, 0) is 14.4 Å². The van der Waals surface area contributed by atoms with E-state index in [1.807, 2.05) is 19.1 Å². The zero-order chi connectivity index (χ0) is 18.1. The molecule has 1 aromatic rings. The van der Waals surface area contributed by atoms with Crippen LogP contribution in [0, 0.1) is 6.92 Å². The molecule has 0 saturated carbocycles. The van der Waals surface area contributed by atoms with Crippen molar-refractivity contribution in [2.45, 2.75) is 38.3 Å². The van der Waals surface area contributed by atoms with Crippen LogP contribution in [-0.4, -0.2) is 57.3 Å². The van der Waals surface area contributed by atoms with Crippen LogP contribution in [0.3, 0.4) is 0 Å². The number of hydrogen-bond acceptors (Lipinski definition) is 5. The highest BCUT2D eigenvalue weighted by Gasteiger charge is 2.43. The molecule has 0 bridgehead atoms. The average molecular weight is 345 g/mol. The van der Waals surface area contributed by atoms with Gasteiger partial charge in [0, 0.05) is 13.0 Å². The summed E-state index contributed by atoms with van der Waals surface area (Å²) in [6.07, 6.45) is 0.975. The Labute approximate surface area is 144 Å². The molecule has 0 unspecified atom stereocenters. The largest absolute Gasteiger partial charge is 0.480 e. The van der Waals surface area contributed by atoms with Gasteiger partial charge in [0.15, 0.2) is 0 Å². The quantitative estimate of drug-likeness (QED) is 0.845. The summed E-state index contributed by atoms with van der Waals surface area (Å²) < 4.78 is 0. The zero-order valence-electron chi connectivity index (χ0n) is 13.8. The molecule has 2 atom stereocenters. The van der Waals surface area contributed by atoms with Gasteiger partial charge in [-0.3, -0.25) is 9.80 Å². The van der Waals surface area contributed by atoms with Gasteiger partial charge in [0.1, 0.15) is 17.8 Å². The molecule has 0 spiro atoms. The summed E-state index contributed by atoms with van der Waals surface area (Å²) in [4.78, 5) is 36.9. The number of rotatable bonds is 4. The highest BCUT2D eigenvalue weighted by atomic mass is 16.4. The number of hydrogen-bond donors (Lipinski definition) is 2. The molecule has 0 aliphatic carbocycles. The topological polar surface area (TPSA) is 111 Å². The molecular formula is C17H19N3O5. The molecule has 2 N–H and O–H groups in total. The molecular weight excluding hydrogens is 326 g/mol. The Morgan fingerprint density at radius 2 is 1.80 bits per heavy atom. The number of carbonyl (C=O) groups excluding carboxylic acids is 1. The summed E-state index contributed by atoms with van der Waals surface area (Å²) in [5.74, 6) is -2.61. The SMILES string of the molecule is Cc1ccc(N2N=C(C(=O)O)C[C@H]2C(=O)N2CCC[C@H]2C(=O)O)cc1. The van der Waals surface area contributed by atoms with E-state index in [9.17, 15) is 24.6 Å². The average Bonchev–Trinajstić information content (AvgIpc) is 3.22. The van der Waals surface area contributed by atoms with E-state index >= 15 is 0 Å². The first-order chi connectivity index (χ1) is 11.9. The normalized spacial score (nSPS) is 22.8. The van der Waals surface area contributed by atoms with E-state index in [0.29, 0.717) is 25.1 Å². The van der Waals surface area contributed by atoms with Gasteiger partial charge in [-0.2, -0.15) is 5.10 Å². The molecule has 3 rings (SSSR count). The van der Waals surface area contributed by atoms with Crippen molar-refractivity contribution in [3.05, 3.63) is 29.8 Å². The van der Waals surface area contributed by atoms with Crippen LogP contribution in [0.4, 0.5) is 5.69 Å². The summed E-state index contributed by atoms with van der Waals surface area (Å²) in [7, 11) is 0. The fourth-order valence-corrected chi connectivity index (χ4v) is 3.25. The molecule has 132 valence electrons. The standard InChI is InChI=1S/C17H19N3O5/c1-10-4-6-11(7-5-10)20-14(9-12(18-20)16(22)23)15(21)19-8-2-3-13(19)17(24)25/h4-7,13-14H,2-3,8-9H2,1H3,(H,22,23)(H,24,25)/t13-,14-/m0/s1. The Bertz CT molecular complexity index is 743. The third-order valence-corrected chi connectivity index (χ3v) is 4.56. The minimum Gasteiger partial charge on any atom is -0.480 e. The number of anilines is 1. The van der Waals surface area contributed by atoms with Crippen molar-refractivity contribution < 1.29 is 24.6 Å². The minimum atomic E-state index is -1.18. The van der Waals surface area contributed by atoms with E-state index in [1.165, 1.54) is 9.91 Å². The highest BCUT2D eigenvalue weighted by molar-refractivity contribution is 6.37. The number of benzene rings is 1. The molecule has 1 fully saturated rings. The number of hydrazone groups is 1. The Kier molecular flexibility index (Phi) is 4.43. The lowest BCUT2D eigenvalue weighted by Gasteiger charge is -2.29. The predicted octanol–water partition coefficient (Wildman–Crippen LogP) is 1.09. The lowest BCUT2D eigenvalue weighted by molar-refractivity contribution is -0.148. The van der Waals surface area contributed by atoms with Crippen LogP contribution in [0.1, 0.15) is 24.8 Å². The smallest absolute Gasteiger partial charge is 0.352 e. The van der Waals surface area contributed by atoms with Crippen molar-refractivity contribution in [1.82, 2.24) is 4.90 Å². The fourth-order valence-electron chi connectivity index (χ4n) is 3.25. The second kappa shape index (κ2) is 6.54. The maximum absolute atomic E-state index is 12.9. The van der Waals surface area contributed by atoms with Gasteiger partial charge in [-0.25, -0.2) is 9.59 Å². The number of aliphatic carboxylic acids is 2. The Balaban J connectivity index is 1.90. The Hall–Kier alpha value is -2.90. The first-order valence-electron chi connectivity index (χ1n) is 8.08. The molecule has 1 saturated heterocycles. The number of amides is 1. The third kappa shape index (κ3) is 3.19. The summed E-state index contributed by atoms with van der Waals surface area (Å²) in [6.45, 7) is 2.28. The maximum Gasteiger partial charge on any atom is 0.352 e. The van der Waals surface area contributed by atoms with Crippen LogP contribution >= 0.6 is 0 Å². The van der Waals surface area contributed by atoms with Crippen LogP contribution < -0.4 is 5.01 Å². The number of aryl methyl sites for hydroxylation is 1. The number of carbonyl (C=O) groups is 3. The van der Waals surface area contributed by atoms with Crippen molar-refractivity contribution in [2.24, 2.45) is 5.10 Å². The fraction of sp³-hybridized carbons (Fsp3) is 0.412. The summed E-state index contributed by atoms with van der Waals surface area (Å²) in [5.41, 5.74) is 1.52. The molecule has 0 radical (unpaired) electrons. The first kappa shape index (κ1) is 16.9. The van der Waals surface area contributed by atoms with Crippen LogP contribution in [0.15, 0.2) is 29.4 Å². The monoisotopic (exact) mass is 345 g/mol. The Morgan fingerprint density at radius 1 is 1.12 bits per heavy atom. The van der Waals surface area contributed by atoms with Gasteiger partial charge < -0.3 is 15.1 Å². The second-order valence-electron chi connectivity index (χ2n) is 6.28. The van der Waals surface area contributed by atoms with E-state index in [4.69, 9.17) is 0 Å². The van der Waals surface area contributed by atoms with E-state index in [2.05, 4.69) is 5.10 Å². The molecule has 8 heteroatoms. The zero-order valence-corrected chi connectivity index (χ0v) is 13.8. The summed E-state index contributed by atoms with van der Waals surface area (Å²) >= 11 is 0. The van der Waals surface area contributed by atoms with E-state index in [0.717, 1.165) is 5.56 Å². The van der Waals surface area contributed by atoms with Crippen molar-refractivity contribution in [3.8, 4) is 0 Å². The molecule has 8 nitrogen and oxygen atoms in total. The molecule has 1 aromatic carbocycles. The van der Waals surface area contributed by atoms with Gasteiger partial charge >= 0.3 is 11.9 Å². The third-order valence-electron chi connectivity index (χ3n) is 4.56. The minimum absolute atomic E-state index is 0.0507. The molecule has 2 heterocycles. The lowest BCUT2D eigenvalue weighted by Crippen LogP contribution is -2.49. The van der Waals surface area contributed by atoms with E-state index in [1.54, 1.807) is 12.1 Å². The number of likely N-dealkylation sites (tertiary alicyclic amines) is 1. The van der Waals surface area contributed by atoms with E-state index < -0.39 is 29.9 Å². The maximum atomic E-state index is 12.9. The van der Waals surface area contributed by atoms with Gasteiger partial charge in [0.2, 0.25) is 5.91 Å². The van der Waals surface area contributed by atoms with Crippen molar-refractivity contribution >= 4 is 29.2 Å². The second-order valence-corrected chi connectivity index (χ2v) is 6.28. The van der Waals surface area contributed by atoms with Crippen molar-refractivity contribution in [3.63, 3.8) is 0 Å². The summed E-state index contributed by atoms with van der Waals surface area (Å²) in [5, 5.41) is 24.0. The highest BCUT2D eigenvalue weighted by Crippen LogP contribution is 2.28.